The lowest BCUT2D eigenvalue weighted by molar-refractivity contribution is 0.0940. The van der Waals surface area contributed by atoms with Crippen molar-refractivity contribution < 1.29 is 4.79 Å². The van der Waals surface area contributed by atoms with Crippen molar-refractivity contribution in [3.63, 3.8) is 0 Å². The van der Waals surface area contributed by atoms with Gasteiger partial charge in [-0.3, -0.25) is 9.78 Å². The van der Waals surface area contributed by atoms with E-state index in [2.05, 4.69) is 14.9 Å². The molecule has 3 aromatic carbocycles. The number of carbonyl (C=O) groups excluding carboxylic acids is 1. The van der Waals surface area contributed by atoms with Crippen molar-refractivity contribution in [3.05, 3.63) is 125 Å². The first-order valence-electron chi connectivity index (χ1n) is 11.7. The zero-order valence-electron chi connectivity index (χ0n) is 19.8. The number of nitrogens with one attached hydrogen (secondary N) is 1. The van der Waals surface area contributed by atoms with Crippen LogP contribution in [0.2, 0.25) is 5.02 Å². The molecule has 7 heteroatoms. The fraction of sp³-hybridized carbons (Fsp3) is 0.138. The maximum Gasteiger partial charge on any atom is 0.251 e. The van der Waals surface area contributed by atoms with Crippen LogP contribution in [-0.4, -0.2) is 20.4 Å². The quantitative estimate of drug-likeness (QED) is 0.229. The molecule has 2 heterocycles. The van der Waals surface area contributed by atoms with Gasteiger partial charge in [-0.25, -0.2) is 4.98 Å². The molecule has 0 saturated carbocycles. The van der Waals surface area contributed by atoms with Gasteiger partial charge in [0.05, 0.1) is 29.8 Å². The number of fused-ring (bicyclic) bond motifs is 1. The number of hydrogen-bond donors (Lipinski definition) is 1. The third kappa shape index (κ3) is 5.45. The number of imidazole rings is 1. The standard InChI is InChI=1S/C29H25ClN4OS/c1-20(22-7-3-2-4-8-22)32-28(35)23-13-11-21(12-14-23)18-34-27-17-31-16-15-26(27)33-29(34)36-19-24-9-5-6-10-25(24)30/h2-17,20H,18-19H2,1H3,(H,32,35). The molecule has 1 N–H and O–H groups in total. The fourth-order valence-electron chi connectivity index (χ4n) is 4.02. The molecule has 0 bridgehead atoms. The van der Waals surface area contributed by atoms with E-state index in [9.17, 15) is 4.79 Å². The van der Waals surface area contributed by atoms with Crippen LogP contribution in [0.25, 0.3) is 11.0 Å². The highest BCUT2D eigenvalue weighted by Crippen LogP contribution is 2.29. The molecule has 1 amide bonds. The molecule has 0 aliphatic carbocycles. The third-order valence-electron chi connectivity index (χ3n) is 6.03. The summed E-state index contributed by atoms with van der Waals surface area (Å²) in [4.78, 5) is 21.9. The average molecular weight is 513 g/mol. The largest absolute Gasteiger partial charge is 0.346 e. The van der Waals surface area contributed by atoms with Gasteiger partial charge in [0.1, 0.15) is 0 Å². The molecule has 0 spiro atoms. The predicted octanol–water partition coefficient (Wildman–Crippen LogP) is 6.92. The Bertz CT molecular complexity index is 1480. The van der Waals surface area contributed by atoms with Gasteiger partial charge in [0.25, 0.3) is 5.91 Å². The zero-order chi connectivity index (χ0) is 24.9. The Morgan fingerprint density at radius 2 is 1.75 bits per heavy atom. The summed E-state index contributed by atoms with van der Waals surface area (Å²) in [6, 6.07) is 27.4. The Kier molecular flexibility index (Phi) is 7.35. The molecule has 5 nitrogen and oxygen atoms in total. The first-order chi connectivity index (χ1) is 17.6. The highest BCUT2D eigenvalue weighted by molar-refractivity contribution is 7.98. The minimum Gasteiger partial charge on any atom is -0.346 e. The number of benzene rings is 3. The van der Waals surface area contributed by atoms with Crippen LogP contribution < -0.4 is 5.32 Å². The van der Waals surface area contributed by atoms with Crippen LogP contribution in [-0.2, 0) is 12.3 Å². The summed E-state index contributed by atoms with van der Waals surface area (Å²) in [5.74, 6) is 0.626. The summed E-state index contributed by atoms with van der Waals surface area (Å²) >= 11 is 8.01. The van der Waals surface area contributed by atoms with Crippen LogP contribution in [0.1, 0.15) is 40.0 Å². The second-order valence-electron chi connectivity index (χ2n) is 8.53. The minimum atomic E-state index is -0.0915. The highest BCUT2D eigenvalue weighted by atomic mass is 35.5. The van der Waals surface area contributed by atoms with E-state index >= 15 is 0 Å². The molecule has 1 unspecified atom stereocenters. The molecule has 5 aromatic rings. The van der Waals surface area contributed by atoms with Crippen molar-refractivity contribution in [3.8, 4) is 0 Å². The predicted molar refractivity (Wildman–Crippen MR) is 146 cm³/mol. The third-order valence-corrected chi connectivity index (χ3v) is 7.43. The normalized spacial score (nSPS) is 11.9. The molecular weight excluding hydrogens is 488 g/mol. The van der Waals surface area contributed by atoms with Crippen molar-refractivity contribution in [1.82, 2.24) is 19.9 Å². The summed E-state index contributed by atoms with van der Waals surface area (Å²) < 4.78 is 2.16. The molecule has 1 atom stereocenters. The molecular formula is C29H25ClN4OS. The molecule has 36 heavy (non-hydrogen) atoms. The maximum absolute atomic E-state index is 12.8. The molecule has 2 aromatic heterocycles. The lowest BCUT2D eigenvalue weighted by atomic mass is 10.1. The fourth-order valence-corrected chi connectivity index (χ4v) is 5.32. The highest BCUT2D eigenvalue weighted by Gasteiger charge is 2.14. The van der Waals surface area contributed by atoms with Gasteiger partial charge in [-0.05, 0) is 47.9 Å². The molecule has 180 valence electrons. The van der Waals surface area contributed by atoms with Gasteiger partial charge in [0, 0.05) is 22.5 Å². The van der Waals surface area contributed by atoms with Crippen LogP contribution in [0.5, 0.6) is 0 Å². The average Bonchev–Trinajstić information content (AvgIpc) is 3.26. The van der Waals surface area contributed by atoms with E-state index in [-0.39, 0.29) is 11.9 Å². The number of halogens is 1. The number of amides is 1. The monoisotopic (exact) mass is 512 g/mol. The van der Waals surface area contributed by atoms with Gasteiger partial charge in [0.2, 0.25) is 0 Å². The lowest BCUT2D eigenvalue weighted by Gasteiger charge is -2.15. The van der Waals surface area contributed by atoms with Crippen LogP contribution in [0.3, 0.4) is 0 Å². The lowest BCUT2D eigenvalue weighted by Crippen LogP contribution is -2.26. The van der Waals surface area contributed by atoms with Crippen molar-refractivity contribution in [2.75, 3.05) is 0 Å². The summed E-state index contributed by atoms with van der Waals surface area (Å²) in [6.07, 6.45) is 3.60. The van der Waals surface area contributed by atoms with Crippen LogP contribution >= 0.6 is 23.4 Å². The van der Waals surface area contributed by atoms with E-state index in [1.165, 1.54) is 0 Å². The van der Waals surface area contributed by atoms with Gasteiger partial charge in [-0.1, -0.05) is 84.0 Å². The number of rotatable bonds is 8. The van der Waals surface area contributed by atoms with Crippen molar-refractivity contribution in [1.29, 1.82) is 0 Å². The Balaban J connectivity index is 1.33. The summed E-state index contributed by atoms with van der Waals surface area (Å²) in [5.41, 5.74) is 5.72. The van der Waals surface area contributed by atoms with Gasteiger partial charge in [0.15, 0.2) is 5.16 Å². The smallest absolute Gasteiger partial charge is 0.251 e. The zero-order valence-corrected chi connectivity index (χ0v) is 21.3. The van der Waals surface area contributed by atoms with Gasteiger partial charge in [-0.2, -0.15) is 0 Å². The van der Waals surface area contributed by atoms with Gasteiger partial charge < -0.3 is 9.88 Å². The molecule has 0 radical (unpaired) electrons. The molecule has 0 fully saturated rings. The first-order valence-corrected chi connectivity index (χ1v) is 13.1. The maximum atomic E-state index is 12.8. The molecule has 5 rings (SSSR count). The SMILES string of the molecule is CC(NC(=O)c1ccc(Cn2c(SCc3ccccc3Cl)nc3ccncc32)cc1)c1ccccc1. The van der Waals surface area contributed by atoms with E-state index in [1.807, 2.05) is 98.0 Å². The number of aromatic nitrogens is 3. The Labute approximate surface area is 219 Å². The second-order valence-corrected chi connectivity index (χ2v) is 9.88. The number of thioether (sulfide) groups is 1. The van der Waals surface area contributed by atoms with E-state index in [0.29, 0.717) is 12.1 Å². The summed E-state index contributed by atoms with van der Waals surface area (Å²) in [6.45, 7) is 2.61. The van der Waals surface area contributed by atoms with Crippen LogP contribution in [0, 0.1) is 0 Å². The van der Waals surface area contributed by atoms with Crippen molar-refractivity contribution >= 4 is 40.3 Å². The Morgan fingerprint density at radius 3 is 2.53 bits per heavy atom. The van der Waals surface area contributed by atoms with E-state index < -0.39 is 0 Å². The van der Waals surface area contributed by atoms with Crippen molar-refractivity contribution in [2.45, 2.75) is 30.4 Å². The summed E-state index contributed by atoms with van der Waals surface area (Å²) in [5, 5.41) is 4.72. The van der Waals surface area contributed by atoms with Crippen LogP contribution in [0.15, 0.2) is 102 Å². The second kappa shape index (κ2) is 11.0. The Morgan fingerprint density at radius 1 is 1.00 bits per heavy atom. The van der Waals surface area contributed by atoms with Crippen molar-refractivity contribution in [2.24, 2.45) is 0 Å². The van der Waals surface area contributed by atoms with Gasteiger partial charge >= 0.3 is 0 Å². The van der Waals surface area contributed by atoms with Crippen LogP contribution in [0.4, 0.5) is 0 Å². The molecule has 0 saturated heterocycles. The van der Waals surface area contributed by atoms with E-state index in [4.69, 9.17) is 16.6 Å². The molecule has 0 aliphatic heterocycles. The molecule has 0 aliphatic rings. The van der Waals surface area contributed by atoms with E-state index in [0.717, 1.165) is 43.7 Å². The minimum absolute atomic E-state index is 0.0686. The summed E-state index contributed by atoms with van der Waals surface area (Å²) in [7, 11) is 0. The first kappa shape index (κ1) is 24.1. The number of carbonyl (C=O) groups is 1. The topological polar surface area (TPSA) is 59.8 Å². The Hall–Kier alpha value is -3.61. The van der Waals surface area contributed by atoms with Gasteiger partial charge in [-0.15, -0.1) is 0 Å². The number of nitrogens with zero attached hydrogens (tertiary/aromatic N) is 3. The van der Waals surface area contributed by atoms with E-state index in [1.54, 1.807) is 18.0 Å². The number of pyridine rings is 1. The number of hydrogen-bond acceptors (Lipinski definition) is 4.